The quantitative estimate of drug-likeness (QED) is 0.521. The maximum absolute atomic E-state index is 13.1. The van der Waals surface area contributed by atoms with Crippen molar-refractivity contribution in [3.05, 3.63) is 93.4 Å². The van der Waals surface area contributed by atoms with Crippen molar-refractivity contribution in [3.63, 3.8) is 0 Å². The molecule has 1 N–H and O–H groups in total. The van der Waals surface area contributed by atoms with E-state index >= 15 is 0 Å². The molecule has 0 bridgehead atoms. The molecule has 31 heavy (non-hydrogen) atoms. The topological polar surface area (TPSA) is 63.2 Å². The number of fused-ring (bicyclic) bond motifs is 1. The number of thioether (sulfide) groups is 1. The Hall–Kier alpha value is -2.83. The molecular weight excluding hydrogens is 426 g/mol. The molecule has 0 radical (unpaired) electrons. The lowest BCUT2D eigenvalue weighted by Gasteiger charge is -2.20. The van der Waals surface area contributed by atoms with Gasteiger partial charge in [0.25, 0.3) is 5.91 Å². The number of carbonyl (C=O) groups is 1. The summed E-state index contributed by atoms with van der Waals surface area (Å²) < 4.78 is 26.3. The zero-order valence-electron chi connectivity index (χ0n) is 17.6. The Morgan fingerprint density at radius 1 is 0.935 bits per heavy atom. The van der Waals surface area contributed by atoms with Gasteiger partial charge in [-0.25, -0.2) is 8.42 Å². The van der Waals surface area contributed by atoms with Crippen LogP contribution in [0.1, 0.15) is 27.8 Å². The second kappa shape index (κ2) is 8.36. The van der Waals surface area contributed by atoms with Gasteiger partial charge in [-0.3, -0.25) is 4.79 Å². The molecule has 0 saturated carbocycles. The van der Waals surface area contributed by atoms with Gasteiger partial charge in [0.05, 0.1) is 21.2 Å². The number of carbonyl (C=O) groups excluding carboxylic acids is 1. The van der Waals surface area contributed by atoms with E-state index < -0.39 is 9.84 Å². The standard InChI is InChI=1S/C25H23NO3S2/c1-16-7-9-19(10-8-16)13-24-25(27)26-22-12-11-20(14-23(22)30-24)31(28,29)15-21-17(2)5-4-6-18(21)3/h4-14H,15H2,1-3H3,(H,26,27). The Morgan fingerprint density at radius 3 is 2.29 bits per heavy atom. The summed E-state index contributed by atoms with van der Waals surface area (Å²) in [6, 6.07) is 18.6. The number of aryl methyl sites for hydroxylation is 3. The maximum atomic E-state index is 13.1. The van der Waals surface area contributed by atoms with Crippen molar-refractivity contribution < 1.29 is 13.2 Å². The second-order valence-electron chi connectivity index (χ2n) is 7.76. The van der Waals surface area contributed by atoms with Crippen LogP contribution in [0.25, 0.3) is 6.08 Å². The van der Waals surface area contributed by atoms with E-state index in [1.54, 1.807) is 18.2 Å². The van der Waals surface area contributed by atoms with Crippen LogP contribution in [0.5, 0.6) is 0 Å². The van der Waals surface area contributed by atoms with Crippen LogP contribution in [-0.2, 0) is 20.4 Å². The minimum Gasteiger partial charge on any atom is -0.320 e. The van der Waals surface area contributed by atoms with Gasteiger partial charge in [-0.05, 0) is 67.3 Å². The Balaban J connectivity index is 1.65. The number of hydrogen-bond acceptors (Lipinski definition) is 4. The third kappa shape index (κ3) is 4.60. The molecule has 0 aromatic heterocycles. The van der Waals surface area contributed by atoms with E-state index in [1.165, 1.54) is 11.8 Å². The number of amides is 1. The van der Waals surface area contributed by atoms with Crippen LogP contribution in [0.15, 0.2) is 75.4 Å². The molecule has 1 amide bonds. The smallest absolute Gasteiger partial charge is 0.262 e. The lowest BCUT2D eigenvalue weighted by Crippen LogP contribution is -2.17. The van der Waals surface area contributed by atoms with Gasteiger partial charge in [-0.15, -0.1) is 0 Å². The van der Waals surface area contributed by atoms with Gasteiger partial charge < -0.3 is 5.32 Å². The Labute approximate surface area is 187 Å². The van der Waals surface area contributed by atoms with Crippen molar-refractivity contribution in [1.82, 2.24) is 0 Å². The van der Waals surface area contributed by atoms with Gasteiger partial charge in [0.1, 0.15) is 0 Å². The average Bonchev–Trinajstić information content (AvgIpc) is 2.73. The Morgan fingerprint density at radius 2 is 1.61 bits per heavy atom. The van der Waals surface area contributed by atoms with Crippen LogP contribution in [0.4, 0.5) is 5.69 Å². The van der Waals surface area contributed by atoms with Crippen molar-refractivity contribution in [2.75, 3.05) is 5.32 Å². The predicted octanol–water partition coefficient (Wildman–Crippen LogP) is 5.67. The van der Waals surface area contributed by atoms with Crippen molar-refractivity contribution in [2.45, 2.75) is 36.3 Å². The first-order valence-electron chi connectivity index (χ1n) is 9.92. The van der Waals surface area contributed by atoms with Crippen LogP contribution < -0.4 is 5.32 Å². The summed E-state index contributed by atoms with van der Waals surface area (Å²) in [4.78, 5) is 14.0. The number of nitrogens with one attached hydrogen (secondary N) is 1. The third-order valence-corrected chi connectivity index (χ3v) is 8.08. The molecule has 0 atom stereocenters. The summed E-state index contributed by atoms with van der Waals surface area (Å²) in [5.41, 5.74) is 5.46. The summed E-state index contributed by atoms with van der Waals surface area (Å²) in [7, 11) is -3.53. The molecule has 0 fully saturated rings. The number of rotatable bonds is 4. The summed E-state index contributed by atoms with van der Waals surface area (Å²) in [6.45, 7) is 5.87. The van der Waals surface area contributed by atoms with E-state index in [-0.39, 0.29) is 16.6 Å². The number of benzene rings is 3. The van der Waals surface area contributed by atoms with Crippen LogP contribution in [0.3, 0.4) is 0 Å². The highest BCUT2D eigenvalue weighted by Gasteiger charge is 2.25. The average molecular weight is 450 g/mol. The largest absolute Gasteiger partial charge is 0.320 e. The van der Waals surface area contributed by atoms with Gasteiger partial charge in [-0.1, -0.05) is 59.8 Å². The van der Waals surface area contributed by atoms with Crippen molar-refractivity contribution in [3.8, 4) is 0 Å². The molecule has 6 heteroatoms. The lowest BCUT2D eigenvalue weighted by molar-refractivity contribution is -0.112. The van der Waals surface area contributed by atoms with Crippen LogP contribution in [0, 0.1) is 20.8 Å². The van der Waals surface area contributed by atoms with Gasteiger partial charge in [-0.2, -0.15) is 0 Å². The fourth-order valence-corrected chi connectivity index (χ4v) is 6.13. The monoisotopic (exact) mass is 449 g/mol. The molecule has 3 aromatic carbocycles. The molecule has 1 aliphatic heterocycles. The van der Waals surface area contributed by atoms with E-state index in [4.69, 9.17) is 0 Å². The van der Waals surface area contributed by atoms with Gasteiger partial charge in [0.2, 0.25) is 0 Å². The lowest BCUT2D eigenvalue weighted by atomic mass is 10.1. The number of sulfone groups is 1. The van der Waals surface area contributed by atoms with Gasteiger partial charge in [0, 0.05) is 4.90 Å². The number of anilines is 1. The van der Waals surface area contributed by atoms with Crippen LogP contribution in [-0.4, -0.2) is 14.3 Å². The minimum absolute atomic E-state index is 0.0482. The molecule has 3 aromatic rings. The molecule has 4 nitrogen and oxygen atoms in total. The van der Waals surface area contributed by atoms with E-state index in [2.05, 4.69) is 5.32 Å². The fourth-order valence-electron chi connectivity index (χ4n) is 3.49. The molecule has 0 spiro atoms. The highest BCUT2D eigenvalue weighted by Crippen LogP contribution is 2.40. The van der Waals surface area contributed by atoms with Gasteiger partial charge >= 0.3 is 0 Å². The SMILES string of the molecule is Cc1ccc(C=C2Sc3cc(S(=O)(=O)Cc4c(C)cccc4C)ccc3NC2=O)cc1. The van der Waals surface area contributed by atoms with Gasteiger partial charge in [0.15, 0.2) is 9.84 Å². The first kappa shape index (κ1) is 21.4. The number of hydrogen-bond donors (Lipinski definition) is 1. The first-order chi connectivity index (χ1) is 14.7. The zero-order chi connectivity index (χ0) is 22.2. The van der Waals surface area contributed by atoms with Crippen molar-refractivity contribution in [2.24, 2.45) is 0 Å². The zero-order valence-corrected chi connectivity index (χ0v) is 19.2. The highest BCUT2D eigenvalue weighted by atomic mass is 32.2. The Bertz CT molecular complexity index is 1290. The van der Waals surface area contributed by atoms with E-state index in [1.807, 2.05) is 69.3 Å². The summed E-state index contributed by atoms with van der Waals surface area (Å²) in [5, 5.41) is 2.87. The van der Waals surface area contributed by atoms with E-state index in [9.17, 15) is 13.2 Å². The minimum atomic E-state index is -3.53. The molecule has 0 unspecified atom stereocenters. The molecule has 0 saturated heterocycles. The second-order valence-corrected chi connectivity index (χ2v) is 10.8. The highest BCUT2D eigenvalue weighted by molar-refractivity contribution is 8.04. The summed E-state index contributed by atoms with van der Waals surface area (Å²) in [6.07, 6.45) is 1.82. The molecule has 0 aliphatic carbocycles. The molecule has 158 valence electrons. The van der Waals surface area contributed by atoms with Crippen LogP contribution in [0.2, 0.25) is 0 Å². The maximum Gasteiger partial charge on any atom is 0.262 e. The third-order valence-electron chi connectivity index (χ3n) is 5.36. The normalized spacial score (nSPS) is 14.9. The molecular formula is C25H23NO3S2. The van der Waals surface area contributed by atoms with E-state index in [0.717, 1.165) is 32.7 Å². The molecule has 1 heterocycles. The predicted molar refractivity (Wildman–Crippen MR) is 127 cm³/mol. The Kier molecular flexibility index (Phi) is 5.77. The van der Waals surface area contributed by atoms with Crippen LogP contribution >= 0.6 is 11.8 Å². The fraction of sp³-hybridized carbons (Fsp3) is 0.160. The first-order valence-corrected chi connectivity index (χ1v) is 12.4. The molecule has 1 aliphatic rings. The van der Waals surface area contributed by atoms with Crippen molar-refractivity contribution >= 4 is 39.3 Å². The van der Waals surface area contributed by atoms with Crippen molar-refractivity contribution in [1.29, 1.82) is 0 Å². The van der Waals surface area contributed by atoms with E-state index in [0.29, 0.717) is 10.6 Å². The summed E-state index contributed by atoms with van der Waals surface area (Å²) >= 11 is 1.29. The molecule has 4 rings (SSSR count). The summed E-state index contributed by atoms with van der Waals surface area (Å²) in [5.74, 6) is -0.239.